The molecule has 4 N–H and O–H groups in total. The van der Waals surface area contributed by atoms with Crippen LogP contribution in [0.15, 0.2) is 0 Å². The SMILES string of the molecule is O=S(=O)(O)Cn1[nH]nnc1=S.O=S(=O)(O)Cn1[nH]nnc1=S. The van der Waals surface area contributed by atoms with E-state index < -0.39 is 32.0 Å². The summed E-state index contributed by atoms with van der Waals surface area (Å²) in [5.41, 5.74) is 0. The number of hydrogen-bond acceptors (Lipinski definition) is 10. The van der Waals surface area contributed by atoms with Crippen molar-refractivity contribution in [3.8, 4) is 0 Å². The predicted octanol–water partition coefficient (Wildman–Crippen LogP) is -1.64. The number of tetrazole rings is 2. The van der Waals surface area contributed by atoms with E-state index >= 15 is 0 Å². The third-order valence-electron chi connectivity index (χ3n) is 1.65. The number of aromatic amines is 2. The maximum Gasteiger partial charge on any atom is 0.285 e. The quantitative estimate of drug-likeness (QED) is 0.342. The number of H-pyrrole nitrogens is 2. The van der Waals surface area contributed by atoms with Gasteiger partial charge in [-0.1, -0.05) is 20.6 Å². The van der Waals surface area contributed by atoms with Crippen molar-refractivity contribution in [2.45, 2.75) is 11.8 Å². The van der Waals surface area contributed by atoms with Crippen LogP contribution in [-0.2, 0) is 32.0 Å². The standard InChI is InChI=1S/2C2H4N4O3S2/c2*7-11(8,9)1-6-2(10)3-4-5-6/h2*1H2,(H,3,5,10)(H,7,8,9). The summed E-state index contributed by atoms with van der Waals surface area (Å²) in [5.74, 6) is -1.31. The Hall–Kier alpha value is -1.60. The summed E-state index contributed by atoms with van der Waals surface area (Å²) in [6.07, 6.45) is 0. The van der Waals surface area contributed by atoms with E-state index in [1.807, 2.05) is 0 Å². The maximum atomic E-state index is 10.3. The average Bonchev–Trinajstić information content (AvgIpc) is 2.87. The van der Waals surface area contributed by atoms with Crippen molar-refractivity contribution in [1.82, 2.24) is 40.4 Å². The van der Waals surface area contributed by atoms with Crippen LogP contribution in [0.1, 0.15) is 0 Å². The lowest BCUT2D eigenvalue weighted by atomic mass is 11.2. The van der Waals surface area contributed by atoms with Crippen molar-refractivity contribution in [2.75, 3.05) is 0 Å². The molecule has 18 heteroatoms. The van der Waals surface area contributed by atoms with Crippen LogP contribution >= 0.6 is 24.4 Å². The molecule has 0 fully saturated rings. The minimum atomic E-state index is -4.08. The fourth-order valence-corrected chi connectivity index (χ4v) is 2.39. The van der Waals surface area contributed by atoms with Crippen LogP contribution in [0.5, 0.6) is 0 Å². The topological polar surface area (TPSA) is 202 Å². The first-order valence-electron chi connectivity index (χ1n) is 4.84. The van der Waals surface area contributed by atoms with Gasteiger partial charge in [0.05, 0.1) is 0 Å². The average molecular weight is 392 g/mol. The van der Waals surface area contributed by atoms with Crippen molar-refractivity contribution < 1.29 is 25.9 Å². The molecule has 22 heavy (non-hydrogen) atoms. The Morgan fingerprint density at radius 3 is 1.36 bits per heavy atom. The Labute approximate surface area is 132 Å². The zero-order chi connectivity index (χ0) is 17.0. The molecule has 0 spiro atoms. The zero-order valence-corrected chi connectivity index (χ0v) is 13.5. The highest BCUT2D eigenvalue weighted by atomic mass is 32.2. The van der Waals surface area contributed by atoms with Crippen molar-refractivity contribution in [3.63, 3.8) is 0 Å². The van der Waals surface area contributed by atoms with Crippen LogP contribution in [0.25, 0.3) is 0 Å². The van der Waals surface area contributed by atoms with Crippen LogP contribution in [0.2, 0.25) is 0 Å². The Balaban J connectivity index is 0.000000220. The highest BCUT2D eigenvalue weighted by Crippen LogP contribution is 1.90. The second kappa shape index (κ2) is 7.11. The maximum absolute atomic E-state index is 10.3. The van der Waals surface area contributed by atoms with Gasteiger partial charge >= 0.3 is 0 Å². The third kappa shape index (κ3) is 6.91. The highest BCUT2D eigenvalue weighted by Gasteiger charge is 2.07. The molecular weight excluding hydrogens is 384 g/mol. The molecule has 0 unspecified atom stereocenters. The summed E-state index contributed by atoms with van der Waals surface area (Å²) in [7, 11) is -8.17. The minimum absolute atomic E-state index is 0.0253. The number of hydrogen-bond donors (Lipinski definition) is 4. The monoisotopic (exact) mass is 392 g/mol. The van der Waals surface area contributed by atoms with E-state index in [1.54, 1.807) is 0 Å². The molecule has 0 amide bonds. The van der Waals surface area contributed by atoms with Gasteiger partial charge < -0.3 is 0 Å². The van der Waals surface area contributed by atoms with Crippen LogP contribution < -0.4 is 0 Å². The summed E-state index contributed by atoms with van der Waals surface area (Å²) in [6, 6.07) is 0. The van der Waals surface area contributed by atoms with Gasteiger partial charge in [-0.15, -0.1) is 0 Å². The molecule has 0 aliphatic rings. The fraction of sp³-hybridized carbons (Fsp3) is 0.500. The fourth-order valence-electron chi connectivity index (χ4n) is 0.926. The number of nitrogens with zero attached hydrogens (tertiary/aromatic N) is 6. The van der Waals surface area contributed by atoms with Crippen LogP contribution in [0, 0.1) is 9.54 Å². The van der Waals surface area contributed by atoms with Gasteiger partial charge in [0.25, 0.3) is 20.2 Å². The minimum Gasteiger partial charge on any atom is -0.284 e. The van der Waals surface area contributed by atoms with E-state index in [2.05, 4.69) is 55.5 Å². The Bertz CT molecular complexity index is 853. The molecule has 0 radical (unpaired) electrons. The largest absolute Gasteiger partial charge is 0.285 e. The van der Waals surface area contributed by atoms with Crippen molar-refractivity contribution in [2.24, 2.45) is 0 Å². The first-order chi connectivity index (χ1) is 9.98. The smallest absolute Gasteiger partial charge is 0.284 e. The number of nitrogens with one attached hydrogen (secondary N) is 2. The highest BCUT2D eigenvalue weighted by molar-refractivity contribution is 7.85. The Kier molecular flexibility index (Phi) is 5.96. The van der Waals surface area contributed by atoms with E-state index in [9.17, 15) is 16.8 Å². The molecular formula is C4H8N8O6S4. The van der Waals surface area contributed by atoms with Crippen LogP contribution in [-0.4, -0.2) is 66.4 Å². The van der Waals surface area contributed by atoms with Crippen LogP contribution in [0.4, 0.5) is 0 Å². The first-order valence-corrected chi connectivity index (χ1v) is 8.87. The van der Waals surface area contributed by atoms with Gasteiger partial charge in [0.1, 0.15) is 0 Å². The van der Waals surface area contributed by atoms with E-state index in [0.29, 0.717) is 0 Å². The Morgan fingerprint density at radius 1 is 0.864 bits per heavy atom. The molecule has 0 aromatic carbocycles. The van der Waals surface area contributed by atoms with E-state index in [4.69, 9.17) is 9.11 Å². The summed E-state index contributed by atoms with van der Waals surface area (Å²) in [5, 5.41) is 17.4. The lowest BCUT2D eigenvalue weighted by Gasteiger charge is -1.94. The van der Waals surface area contributed by atoms with E-state index in [0.717, 1.165) is 9.36 Å². The van der Waals surface area contributed by atoms with Gasteiger partial charge in [-0.2, -0.15) is 27.3 Å². The molecule has 2 heterocycles. The third-order valence-corrected chi connectivity index (χ3v) is 3.42. The number of rotatable bonds is 4. The predicted molar refractivity (Wildman–Crippen MR) is 73.5 cm³/mol. The van der Waals surface area contributed by atoms with E-state index in [-0.39, 0.29) is 9.54 Å². The van der Waals surface area contributed by atoms with Crippen molar-refractivity contribution in [1.29, 1.82) is 0 Å². The van der Waals surface area contributed by atoms with Gasteiger partial charge in [-0.05, 0) is 24.4 Å². The zero-order valence-electron chi connectivity index (χ0n) is 10.3. The van der Waals surface area contributed by atoms with Crippen LogP contribution in [0.3, 0.4) is 0 Å². The molecule has 14 nitrogen and oxygen atoms in total. The lowest BCUT2D eigenvalue weighted by molar-refractivity contribution is 0.462. The molecule has 0 aliphatic heterocycles. The van der Waals surface area contributed by atoms with Gasteiger partial charge in [-0.3, -0.25) is 9.11 Å². The first kappa shape index (κ1) is 18.4. The Morgan fingerprint density at radius 2 is 1.18 bits per heavy atom. The molecule has 2 aromatic rings. The van der Waals surface area contributed by atoms with Crippen molar-refractivity contribution in [3.05, 3.63) is 9.54 Å². The summed E-state index contributed by atoms with van der Waals surface area (Å²) < 4.78 is 59.5. The molecule has 0 saturated heterocycles. The molecule has 0 atom stereocenters. The molecule has 0 saturated carbocycles. The summed E-state index contributed by atoms with van der Waals surface area (Å²) in [6.45, 7) is 0. The second-order valence-electron chi connectivity index (χ2n) is 3.44. The lowest BCUT2D eigenvalue weighted by Crippen LogP contribution is -2.10. The number of aromatic nitrogens is 8. The molecule has 0 aliphatic carbocycles. The van der Waals surface area contributed by atoms with E-state index in [1.165, 1.54) is 0 Å². The molecule has 2 aromatic heterocycles. The van der Waals surface area contributed by atoms with Gasteiger partial charge in [0, 0.05) is 0 Å². The summed E-state index contributed by atoms with van der Waals surface area (Å²) >= 11 is 9.07. The van der Waals surface area contributed by atoms with Crippen molar-refractivity contribution >= 4 is 44.7 Å². The second-order valence-corrected chi connectivity index (χ2v) is 7.02. The molecule has 2 rings (SSSR count). The van der Waals surface area contributed by atoms with Gasteiger partial charge in [0.15, 0.2) is 11.8 Å². The van der Waals surface area contributed by atoms with Gasteiger partial charge in [-0.25, -0.2) is 9.36 Å². The molecule has 0 bridgehead atoms. The normalized spacial score (nSPS) is 11.7. The van der Waals surface area contributed by atoms with Gasteiger partial charge in [0.2, 0.25) is 9.54 Å². The summed E-state index contributed by atoms with van der Waals surface area (Å²) in [4.78, 5) is 0. The molecule has 124 valence electrons.